The Morgan fingerprint density at radius 2 is 1.61 bits per heavy atom. The Bertz CT molecular complexity index is 362. The predicted octanol–water partition coefficient (Wildman–Crippen LogP) is 4.22. The molecule has 1 rings (SSSR count). The third-order valence-electron chi connectivity index (χ3n) is 3.22. The van der Waals surface area contributed by atoms with Gasteiger partial charge in [-0.15, -0.1) is 0 Å². The van der Waals surface area contributed by atoms with E-state index in [1.165, 1.54) is 5.56 Å². The molecule has 0 aliphatic heterocycles. The molecular formula is C17H26O. The second-order valence-corrected chi connectivity index (χ2v) is 6.62. The van der Waals surface area contributed by atoms with Gasteiger partial charge in [-0.2, -0.15) is 0 Å². The Hall–Kier alpha value is -1.08. The maximum absolute atomic E-state index is 10.3. The van der Waals surface area contributed by atoms with Gasteiger partial charge in [-0.1, -0.05) is 63.3 Å². The third-order valence-corrected chi connectivity index (χ3v) is 3.22. The molecule has 1 aromatic carbocycles. The van der Waals surface area contributed by atoms with Crippen molar-refractivity contribution in [2.75, 3.05) is 0 Å². The van der Waals surface area contributed by atoms with Crippen LogP contribution in [0.15, 0.2) is 42.5 Å². The normalized spacial score (nSPS) is 15.0. The Morgan fingerprint density at radius 1 is 1.06 bits per heavy atom. The van der Waals surface area contributed by atoms with Gasteiger partial charge in [-0.3, -0.25) is 0 Å². The van der Waals surface area contributed by atoms with Crippen LogP contribution in [-0.4, -0.2) is 10.7 Å². The van der Waals surface area contributed by atoms with Crippen molar-refractivity contribution in [2.45, 2.75) is 46.6 Å². The van der Waals surface area contributed by atoms with Crippen LogP contribution in [0.5, 0.6) is 0 Å². The molecule has 0 saturated heterocycles. The van der Waals surface area contributed by atoms with E-state index in [2.05, 4.69) is 57.2 Å². The molecule has 0 aliphatic carbocycles. The lowest BCUT2D eigenvalue weighted by Crippen LogP contribution is -2.38. The summed E-state index contributed by atoms with van der Waals surface area (Å²) < 4.78 is 0. The number of benzene rings is 1. The van der Waals surface area contributed by atoms with Gasteiger partial charge >= 0.3 is 0 Å². The fourth-order valence-electron chi connectivity index (χ4n) is 2.54. The predicted molar refractivity (Wildman–Crippen MR) is 78.5 cm³/mol. The molecule has 1 nitrogen and oxygen atoms in total. The first kappa shape index (κ1) is 15.0. The van der Waals surface area contributed by atoms with Gasteiger partial charge in [0.25, 0.3) is 0 Å². The van der Waals surface area contributed by atoms with Crippen molar-refractivity contribution in [1.29, 1.82) is 0 Å². The van der Waals surface area contributed by atoms with Crippen LogP contribution in [0.3, 0.4) is 0 Å². The molecule has 0 unspecified atom stereocenters. The molecule has 1 aromatic rings. The molecule has 0 heterocycles. The molecule has 0 aromatic heterocycles. The molecule has 18 heavy (non-hydrogen) atoms. The monoisotopic (exact) mass is 246 g/mol. The second kappa shape index (κ2) is 5.71. The Morgan fingerprint density at radius 3 is 2.06 bits per heavy atom. The lowest BCUT2D eigenvalue weighted by Gasteiger charge is -2.37. The summed E-state index contributed by atoms with van der Waals surface area (Å²) >= 11 is 0. The van der Waals surface area contributed by atoms with Gasteiger partial charge in [-0.25, -0.2) is 0 Å². The summed E-state index contributed by atoms with van der Waals surface area (Å²) in [5.74, 6) is 0.147. The second-order valence-electron chi connectivity index (χ2n) is 6.62. The zero-order valence-electron chi connectivity index (χ0n) is 12.3. The van der Waals surface area contributed by atoms with E-state index in [0.717, 1.165) is 6.42 Å². The number of aliphatic hydroxyl groups is 1. The van der Waals surface area contributed by atoms with E-state index in [1.54, 1.807) is 0 Å². The van der Waals surface area contributed by atoms with Crippen molar-refractivity contribution < 1.29 is 5.11 Å². The highest BCUT2D eigenvalue weighted by Gasteiger charge is 2.34. The van der Waals surface area contributed by atoms with E-state index < -0.39 is 5.60 Å². The molecule has 1 heteroatoms. The molecule has 1 N–H and O–H groups in total. The van der Waals surface area contributed by atoms with E-state index in [0.29, 0.717) is 0 Å². The maximum atomic E-state index is 10.3. The van der Waals surface area contributed by atoms with E-state index >= 15 is 0 Å². The number of rotatable bonds is 4. The zero-order chi connectivity index (χ0) is 13.8. The van der Waals surface area contributed by atoms with Gasteiger partial charge in [0.05, 0.1) is 5.60 Å². The summed E-state index contributed by atoms with van der Waals surface area (Å²) in [7, 11) is 0. The molecule has 100 valence electrons. The Kier molecular flexibility index (Phi) is 4.75. The summed E-state index contributed by atoms with van der Waals surface area (Å²) in [4.78, 5) is 0. The van der Waals surface area contributed by atoms with Crippen molar-refractivity contribution in [3.8, 4) is 0 Å². The minimum Gasteiger partial charge on any atom is -0.390 e. The molecule has 0 radical (unpaired) electrons. The SMILES string of the molecule is CC(C)(C)[C@H](/C=C/Cc1ccccc1)C(C)(C)O. The standard InChI is InChI=1S/C17H26O/c1-16(2,3)15(17(4,5)18)13-9-12-14-10-7-6-8-11-14/h6-11,13,15,18H,12H2,1-5H3/b13-9+/t15-/m0/s1. The lowest BCUT2D eigenvalue weighted by atomic mass is 9.72. The average Bonchev–Trinajstić information content (AvgIpc) is 2.22. The first-order valence-corrected chi connectivity index (χ1v) is 6.64. The van der Waals surface area contributed by atoms with Crippen LogP contribution in [0.25, 0.3) is 0 Å². The van der Waals surface area contributed by atoms with Crippen molar-refractivity contribution >= 4 is 0 Å². The van der Waals surface area contributed by atoms with Gasteiger partial charge in [-0.05, 0) is 31.2 Å². The minimum atomic E-state index is -0.689. The van der Waals surface area contributed by atoms with Crippen LogP contribution in [0.4, 0.5) is 0 Å². The molecular weight excluding hydrogens is 220 g/mol. The summed E-state index contributed by atoms with van der Waals surface area (Å²) in [5.41, 5.74) is 0.675. The number of allylic oxidation sites excluding steroid dienone is 1. The van der Waals surface area contributed by atoms with Crippen LogP contribution in [0.2, 0.25) is 0 Å². The fourth-order valence-corrected chi connectivity index (χ4v) is 2.54. The van der Waals surface area contributed by atoms with Gasteiger partial charge in [0.15, 0.2) is 0 Å². The topological polar surface area (TPSA) is 20.2 Å². The van der Waals surface area contributed by atoms with Crippen molar-refractivity contribution in [3.05, 3.63) is 48.0 Å². The third kappa shape index (κ3) is 4.66. The molecule has 0 spiro atoms. The van der Waals surface area contributed by atoms with E-state index in [4.69, 9.17) is 0 Å². The summed E-state index contributed by atoms with van der Waals surface area (Å²) in [6.07, 6.45) is 5.25. The van der Waals surface area contributed by atoms with Gasteiger partial charge in [0.1, 0.15) is 0 Å². The highest BCUT2D eigenvalue weighted by molar-refractivity contribution is 5.18. The van der Waals surface area contributed by atoms with Crippen LogP contribution in [0.1, 0.15) is 40.2 Å². The largest absolute Gasteiger partial charge is 0.390 e. The van der Waals surface area contributed by atoms with Crippen LogP contribution >= 0.6 is 0 Å². The first-order chi connectivity index (χ1) is 8.21. The highest BCUT2D eigenvalue weighted by atomic mass is 16.3. The summed E-state index contributed by atoms with van der Waals surface area (Å²) in [5, 5.41) is 10.3. The van der Waals surface area contributed by atoms with Gasteiger partial charge in [0.2, 0.25) is 0 Å². The first-order valence-electron chi connectivity index (χ1n) is 6.64. The van der Waals surface area contributed by atoms with Gasteiger partial charge in [0, 0.05) is 5.92 Å². The maximum Gasteiger partial charge on any atom is 0.0659 e. The van der Waals surface area contributed by atoms with E-state index in [1.807, 2.05) is 19.9 Å². The zero-order valence-corrected chi connectivity index (χ0v) is 12.3. The average molecular weight is 246 g/mol. The summed E-state index contributed by atoms with van der Waals surface area (Å²) in [6, 6.07) is 10.4. The molecule has 0 aliphatic rings. The number of hydrogen-bond acceptors (Lipinski definition) is 1. The van der Waals surface area contributed by atoms with Crippen LogP contribution in [-0.2, 0) is 6.42 Å². The highest BCUT2D eigenvalue weighted by Crippen LogP contribution is 2.35. The number of hydrogen-bond donors (Lipinski definition) is 1. The van der Waals surface area contributed by atoms with E-state index in [-0.39, 0.29) is 11.3 Å². The quantitative estimate of drug-likeness (QED) is 0.789. The minimum absolute atomic E-state index is 0.0610. The molecule has 0 bridgehead atoms. The molecule has 0 saturated carbocycles. The fraction of sp³-hybridized carbons (Fsp3) is 0.529. The molecule has 1 atom stereocenters. The van der Waals surface area contributed by atoms with Crippen molar-refractivity contribution in [2.24, 2.45) is 11.3 Å². The lowest BCUT2D eigenvalue weighted by molar-refractivity contribution is -0.00777. The van der Waals surface area contributed by atoms with Crippen LogP contribution < -0.4 is 0 Å². The van der Waals surface area contributed by atoms with Crippen LogP contribution in [0, 0.1) is 11.3 Å². The van der Waals surface area contributed by atoms with E-state index in [9.17, 15) is 5.11 Å². The Labute approximate surface area is 112 Å². The van der Waals surface area contributed by atoms with Crippen molar-refractivity contribution in [1.82, 2.24) is 0 Å². The van der Waals surface area contributed by atoms with Gasteiger partial charge < -0.3 is 5.11 Å². The molecule has 0 amide bonds. The Balaban J connectivity index is 2.74. The molecule has 0 fully saturated rings. The van der Waals surface area contributed by atoms with Crippen molar-refractivity contribution in [3.63, 3.8) is 0 Å². The smallest absolute Gasteiger partial charge is 0.0659 e. The summed E-state index contributed by atoms with van der Waals surface area (Å²) in [6.45, 7) is 10.3.